The molecule has 0 aromatic heterocycles. The smallest absolute Gasteiger partial charge is 0.331 e. The first-order valence-electron chi connectivity index (χ1n) is 8.90. The highest BCUT2D eigenvalue weighted by molar-refractivity contribution is 5.95. The molecule has 29 heavy (non-hydrogen) atoms. The predicted octanol–water partition coefficient (Wildman–Crippen LogP) is 3.52. The number of hydrogen-bond donors (Lipinski definition) is 1. The maximum atomic E-state index is 12.0. The molecule has 0 saturated heterocycles. The molecule has 0 radical (unpaired) electrons. The molecule has 1 N–H and O–H groups in total. The summed E-state index contributed by atoms with van der Waals surface area (Å²) in [5, 5.41) is 2.74. The quantitative estimate of drug-likeness (QED) is 0.540. The number of carbonyl (C=O) groups excluding carboxylic acids is 2. The van der Waals surface area contributed by atoms with E-state index in [0.717, 1.165) is 11.1 Å². The van der Waals surface area contributed by atoms with Crippen LogP contribution in [0, 0.1) is 13.8 Å². The lowest BCUT2D eigenvalue weighted by molar-refractivity contribution is -0.142. The summed E-state index contributed by atoms with van der Waals surface area (Å²) in [6, 6.07) is 9.06. The minimum absolute atomic E-state index is 0.389. The first kappa shape index (κ1) is 21.8. The van der Waals surface area contributed by atoms with E-state index in [1.165, 1.54) is 33.5 Å². The molecule has 154 valence electrons. The Morgan fingerprint density at radius 1 is 0.931 bits per heavy atom. The molecule has 2 aromatic carbocycles. The summed E-state index contributed by atoms with van der Waals surface area (Å²) in [6.45, 7) is 3.43. The molecule has 1 amide bonds. The van der Waals surface area contributed by atoms with Crippen molar-refractivity contribution in [1.82, 2.24) is 0 Å². The Kier molecular flexibility index (Phi) is 7.65. The molecular formula is C22H25NO6. The number of aryl methyl sites for hydroxylation is 2. The van der Waals surface area contributed by atoms with Crippen LogP contribution in [0.1, 0.15) is 16.7 Å². The van der Waals surface area contributed by atoms with Crippen molar-refractivity contribution < 1.29 is 28.5 Å². The predicted molar refractivity (Wildman–Crippen MR) is 111 cm³/mol. The fourth-order valence-electron chi connectivity index (χ4n) is 2.58. The van der Waals surface area contributed by atoms with Crippen LogP contribution in [0.3, 0.4) is 0 Å². The molecule has 0 atom stereocenters. The normalized spacial score (nSPS) is 10.5. The summed E-state index contributed by atoms with van der Waals surface area (Å²) in [5.74, 6) is 0.433. The Hall–Kier alpha value is -3.48. The van der Waals surface area contributed by atoms with Crippen molar-refractivity contribution >= 4 is 23.6 Å². The standard InChI is InChI=1S/C22H25NO6/c1-14-6-7-15(2)17(10-14)23-21(24)13-29-22(25)9-8-16-11-19(27-4)20(28-5)12-18(16)26-3/h6-12H,13H2,1-5H3,(H,23,24)/b9-8+. The van der Waals surface area contributed by atoms with Crippen molar-refractivity contribution in [2.45, 2.75) is 13.8 Å². The Morgan fingerprint density at radius 2 is 1.59 bits per heavy atom. The maximum Gasteiger partial charge on any atom is 0.331 e. The summed E-state index contributed by atoms with van der Waals surface area (Å²) in [7, 11) is 4.54. The molecule has 2 rings (SSSR count). The Bertz CT molecular complexity index is 920. The van der Waals surface area contributed by atoms with Gasteiger partial charge in [-0.05, 0) is 43.2 Å². The van der Waals surface area contributed by atoms with Gasteiger partial charge in [0.05, 0.1) is 21.3 Å². The van der Waals surface area contributed by atoms with E-state index in [0.29, 0.717) is 28.5 Å². The van der Waals surface area contributed by atoms with E-state index in [4.69, 9.17) is 18.9 Å². The molecule has 0 aliphatic rings. The Labute approximate surface area is 170 Å². The molecule has 0 saturated carbocycles. The lowest BCUT2D eigenvalue weighted by Gasteiger charge is -2.12. The second kappa shape index (κ2) is 10.2. The third-order valence-corrected chi connectivity index (χ3v) is 4.15. The van der Waals surface area contributed by atoms with Gasteiger partial charge >= 0.3 is 5.97 Å². The molecule has 7 nitrogen and oxygen atoms in total. The number of benzene rings is 2. The van der Waals surface area contributed by atoms with Crippen molar-refractivity contribution in [3.05, 3.63) is 53.1 Å². The Morgan fingerprint density at radius 3 is 2.24 bits per heavy atom. The molecule has 0 heterocycles. The number of rotatable bonds is 8. The van der Waals surface area contributed by atoms with Gasteiger partial charge in [0.15, 0.2) is 18.1 Å². The first-order valence-corrected chi connectivity index (χ1v) is 8.90. The molecule has 7 heteroatoms. The van der Waals surface area contributed by atoms with Crippen molar-refractivity contribution in [3.8, 4) is 17.2 Å². The second-order valence-corrected chi connectivity index (χ2v) is 6.26. The van der Waals surface area contributed by atoms with Crippen LogP contribution in [0.2, 0.25) is 0 Å². The lowest BCUT2D eigenvalue weighted by atomic mass is 10.1. The van der Waals surface area contributed by atoms with E-state index >= 15 is 0 Å². The average Bonchev–Trinajstić information content (AvgIpc) is 2.72. The van der Waals surface area contributed by atoms with Crippen molar-refractivity contribution in [3.63, 3.8) is 0 Å². The van der Waals surface area contributed by atoms with E-state index in [9.17, 15) is 9.59 Å². The lowest BCUT2D eigenvalue weighted by Crippen LogP contribution is -2.20. The highest BCUT2D eigenvalue weighted by Crippen LogP contribution is 2.35. The number of methoxy groups -OCH3 is 3. The summed E-state index contributed by atoms with van der Waals surface area (Å²) in [4.78, 5) is 24.0. The first-order chi connectivity index (χ1) is 13.9. The summed E-state index contributed by atoms with van der Waals surface area (Å²) >= 11 is 0. The number of ether oxygens (including phenoxy) is 4. The van der Waals surface area contributed by atoms with E-state index in [1.54, 1.807) is 12.1 Å². The van der Waals surface area contributed by atoms with Crippen LogP contribution >= 0.6 is 0 Å². The van der Waals surface area contributed by atoms with Gasteiger partial charge in [0.1, 0.15) is 5.75 Å². The molecule has 0 bridgehead atoms. The van der Waals surface area contributed by atoms with Crippen molar-refractivity contribution in [1.29, 1.82) is 0 Å². The molecule has 0 unspecified atom stereocenters. The van der Waals surface area contributed by atoms with Gasteiger partial charge in [0, 0.05) is 23.4 Å². The van der Waals surface area contributed by atoms with E-state index in [2.05, 4.69) is 5.32 Å². The van der Waals surface area contributed by atoms with Gasteiger partial charge in [0.25, 0.3) is 5.91 Å². The van der Waals surface area contributed by atoms with Gasteiger partial charge in [-0.15, -0.1) is 0 Å². The summed E-state index contributed by atoms with van der Waals surface area (Å²) < 4.78 is 20.8. The minimum atomic E-state index is -0.655. The Balaban J connectivity index is 1.99. The zero-order valence-electron chi connectivity index (χ0n) is 17.2. The van der Waals surface area contributed by atoms with Crippen LogP contribution in [0.4, 0.5) is 5.69 Å². The molecule has 0 fully saturated rings. The van der Waals surface area contributed by atoms with E-state index in [1.807, 2.05) is 32.0 Å². The van der Waals surface area contributed by atoms with Gasteiger partial charge in [-0.2, -0.15) is 0 Å². The third-order valence-electron chi connectivity index (χ3n) is 4.15. The molecule has 2 aromatic rings. The van der Waals surface area contributed by atoms with Gasteiger partial charge in [-0.3, -0.25) is 4.79 Å². The van der Waals surface area contributed by atoms with Crippen molar-refractivity contribution in [2.75, 3.05) is 33.3 Å². The van der Waals surface area contributed by atoms with Gasteiger partial charge in [-0.25, -0.2) is 4.79 Å². The third kappa shape index (κ3) is 6.00. The summed E-state index contributed by atoms with van der Waals surface area (Å²) in [5.41, 5.74) is 3.24. The fourth-order valence-corrected chi connectivity index (χ4v) is 2.58. The topological polar surface area (TPSA) is 83.1 Å². The van der Waals surface area contributed by atoms with Crippen LogP contribution in [0.25, 0.3) is 6.08 Å². The zero-order valence-corrected chi connectivity index (χ0v) is 17.2. The number of anilines is 1. The van der Waals surface area contributed by atoms with Crippen LogP contribution in [-0.4, -0.2) is 39.8 Å². The largest absolute Gasteiger partial charge is 0.496 e. The fraction of sp³-hybridized carbons (Fsp3) is 0.273. The number of hydrogen-bond acceptors (Lipinski definition) is 6. The van der Waals surface area contributed by atoms with E-state index in [-0.39, 0.29) is 6.61 Å². The number of nitrogens with one attached hydrogen (secondary N) is 1. The van der Waals surface area contributed by atoms with Gasteiger partial charge < -0.3 is 24.3 Å². The summed E-state index contributed by atoms with van der Waals surface area (Å²) in [6.07, 6.45) is 2.74. The van der Waals surface area contributed by atoms with Crippen LogP contribution in [0.5, 0.6) is 17.2 Å². The zero-order chi connectivity index (χ0) is 21.4. The molecule has 0 spiro atoms. The van der Waals surface area contributed by atoms with Crippen LogP contribution < -0.4 is 19.5 Å². The van der Waals surface area contributed by atoms with Crippen molar-refractivity contribution in [2.24, 2.45) is 0 Å². The number of amides is 1. The molecule has 0 aliphatic heterocycles. The monoisotopic (exact) mass is 399 g/mol. The van der Waals surface area contributed by atoms with Crippen LogP contribution in [0.15, 0.2) is 36.4 Å². The van der Waals surface area contributed by atoms with Gasteiger partial charge in [-0.1, -0.05) is 12.1 Å². The highest BCUT2D eigenvalue weighted by Gasteiger charge is 2.11. The van der Waals surface area contributed by atoms with Crippen LogP contribution in [-0.2, 0) is 14.3 Å². The second-order valence-electron chi connectivity index (χ2n) is 6.26. The van der Waals surface area contributed by atoms with Gasteiger partial charge in [0.2, 0.25) is 0 Å². The highest BCUT2D eigenvalue weighted by atomic mass is 16.5. The van der Waals surface area contributed by atoms with E-state index < -0.39 is 11.9 Å². The minimum Gasteiger partial charge on any atom is -0.496 e. The molecule has 0 aliphatic carbocycles. The maximum absolute atomic E-state index is 12.0. The number of carbonyl (C=O) groups is 2. The number of esters is 1. The SMILES string of the molecule is COc1cc(OC)c(OC)cc1/C=C/C(=O)OCC(=O)Nc1cc(C)ccc1C. The average molecular weight is 399 g/mol. The molecular weight excluding hydrogens is 374 g/mol.